The van der Waals surface area contributed by atoms with E-state index in [1.165, 1.54) is 25.7 Å². The number of hydrogen-bond acceptors (Lipinski definition) is 1. The minimum atomic E-state index is 0.915. The Morgan fingerprint density at radius 2 is 1.05 bits per heavy atom. The molecule has 21 heavy (non-hydrogen) atoms. The fourth-order valence-corrected chi connectivity index (χ4v) is 1.85. The van der Waals surface area contributed by atoms with Crippen molar-refractivity contribution in [2.45, 2.75) is 64.7 Å². The van der Waals surface area contributed by atoms with E-state index in [9.17, 15) is 0 Å². The molecule has 0 aromatic carbocycles. The van der Waals surface area contributed by atoms with Gasteiger partial charge in [0.15, 0.2) is 0 Å². The summed E-state index contributed by atoms with van der Waals surface area (Å²) < 4.78 is 0. The van der Waals surface area contributed by atoms with E-state index in [0.29, 0.717) is 0 Å². The number of hydrogen-bond donors (Lipinski definition) is 1. The maximum atomic E-state index is 8.47. The fraction of sp³-hybridized carbons (Fsp3) is 0.500. The Morgan fingerprint density at radius 3 is 1.57 bits per heavy atom. The van der Waals surface area contributed by atoms with Crippen LogP contribution in [0.25, 0.3) is 0 Å². The first kappa shape index (κ1) is 19.5. The van der Waals surface area contributed by atoms with Gasteiger partial charge in [-0.15, -0.1) is 0 Å². The van der Waals surface area contributed by atoms with Crippen LogP contribution in [-0.2, 0) is 0 Å². The van der Waals surface area contributed by atoms with Crippen LogP contribution in [-0.4, -0.2) is 5.11 Å². The van der Waals surface area contributed by atoms with E-state index in [1.54, 1.807) is 6.08 Å². The Balaban J connectivity index is 3.30. The van der Waals surface area contributed by atoms with E-state index < -0.39 is 0 Å². The summed E-state index contributed by atoms with van der Waals surface area (Å²) in [5.74, 6) is 0. The van der Waals surface area contributed by atoms with E-state index in [4.69, 9.17) is 5.11 Å². The van der Waals surface area contributed by atoms with Gasteiger partial charge in [0.2, 0.25) is 0 Å². The number of allylic oxidation sites excluding steroid dienone is 9. The summed E-state index contributed by atoms with van der Waals surface area (Å²) in [7, 11) is 0. The molecule has 0 aliphatic heterocycles. The van der Waals surface area contributed by atoms with Gasteiger partial charge in [-0.25, -0.2) is 0 Å². The molecular weight excluding hydrogens is 256 g/mol. The summed E-state index contributed by atoms with van der Waals surface area (Å²) in [4.78, 5) is 0. The molecule has 0 saturated heterocycles. The zero-order valence-corrected chi connectivity index (χ0v) is 13.6. The van der Waals surface area contributed by atoms with Crippen LogP contribution in [0.3, 0.4) is 0 Å². The number of unbranched alkanes of at least 4 members (excludes halogenated alkanes) is 4. The van der Waals surface area contributed by atoms with Crippen LogP contribution in [0, 0.1) is 0 Å². The van der Waals surface area contributed by atoms with Crippen molar-refractivity contribution in [1.82, 2.24) is 0 Å². The molecule has 1 heteroatoms. The number of aliphatic hydroxyl groups excluding tert-OH is 1. The van der Waals surface area contributed by atoms with Gasteiger partial charge in [-0.05, 0) is 63.9 Å². The molecule has 0 heterocycles. The molecule has 1 N–H and O–H groups in total. The van der Waals surface area contributed by atoms with Crippen LogP contribution in [0.4, 0.5) is 0 Å². The first-order valence-electron chi connectivity index (χ1n) is 8.31. The van der Waals surface area contributed by atoms with Crippen LogP contribution in [0.2, 0.25) is 0 Å². The first-order valence-corrected chi connectivity index (χ1v) is 8.31. The molecule has 0 saturated carbocycles. The minimum absolute atomic E-state index is 0.915. The van der Waals surface area contributed by atoms with Gasteiger partial charge in [0.25, 0.3) is 0 Å². The SMILES string of the molecule is CCC=CCC=CCCCCC=CCC=CCCC=CO. The average molecular weight is 288 g/mol. The highest BCUT2D eigenvalue weighted by atomic mass is 16.2. The Morgan fingerprint density at radius 1 is 0.571 bits per heavy atom. The third-order valence-corrected chi connectivity index (χ3v) is 3.04. The van der Waals surface area contributed by atoms with Crippen molar-refractivity contribution in [1.29, 1.82) is 0 Å². The van der Waals surface area contributed by atoms with Crippen molar-refractivity contribution in [2.24, 2.45) is 0 Å². The summed E-state index contributed by atoms with van der Waals surface area (Å²) in [6.45, 7) is 2.16. The molecule has 0 radical (unpaired) electrons. The van der Waals surface area contributed by atoms with E-state index in [2.05, 4.69) is 55.5 Å². The largest absolute Gasteiger partial charge is 0.516 e. The van der Waals surface area contributed by atoms with Gasteiger partial charge in [-0.2, -0.15) is 0 Å². The molecule has 0 aliphatic rings. The second-order valence-electron chi connectivity index (χ2n) is 5.01. The van der Waals surface area contributed by atoms with Gasteiger partial charge in [-0.3, -0.25) is 0 Å². The smallest absolute Gasteiger partial charge is 0.0751 e. The van der Waals surface area contributed by atoms with E-state index in [0.717, 1.165) is 38.4 Å². The maximum Gasteiger partial charge on any atom is 0.0751 e. The molecule has 0 bridgehead atoms. The fourth-order valence-electron chi connectivity index (χ4n) is 1.85. The van der Waals surface area contributed by atoms with Crippen molar-refractivity contribution in [3.63, 3.8) is 0 Å². The van der Waals surface area contributed by atoms with E-state index >= 15 is 0 Å². The summed E-state index contributed by atoms with van der Waals surface area (Å²) in [5.41, 5.74) is 0. The molecule has 0 aromatic rings. The predicted molar refractivity (Wildman–Crippen MR) is 95.6 cm³/mol. The molecule has 0 amide bonds. The molecule has 0 unspecified atom stereocenters. The van der Waals surface area contributed by atoms with Crippen molar-refractivity contribution in [3.05, 3.63) is 60.9 Å². The van der Waals surface area contributed by atoms with Gasteiger partial charge in [-0.1, -0.05) is 55.5 Å². The summed E-state index contributed by atoms with van der Waals surface area (Å²) >= 11 is 0. The number of aliphatic hydroxyl groups is 1. The Kier molecular flexibility index (Phi) is 17.2. The standard InChI is InChI=1S/C20H32O/c1-2-3-4-5-6-7-8-9-10-11-12-13-14-15-16-17-18-19-20-21/h3-4,6-7,12-13,15-16,19-21H,2,5,8-11,14,17-18H2,1H3. The number of rotatable bonds is 13. The molecule has 1 nitrogen and oxygen atoms in total. The highest BCUT2D eigenvalue weighted by Crippen LogP contribution is 2.03. The topological polar surface area (TPSA) is 20.2 Å². The molecule has 0 aliphatic carbocycles. The lowest BCUT2D eigenvalue weighted by molar-refractivity contribution is 0.471. The van der Waals surface area contributed by atoms with E-state index in [1.807, 2.05) is 0 Å². The van der Waals surface area contributed by atoms with Crippen LogP contribution >= 0.6 is 0 Å². The average Bonchev–Trinajstić information content (AvgIpc) is 2.50. The second-order valence-corrected chi connectivity index (χ2v) is 5.01. The van der Waals surface area contributed by atoms with Gasteiger partial charge < -0.3 is 5.11 Å². The highest BCUT2D eigenvalue weighted by Gasteiger charge is 1.83. The summed E-state index contributed by atoms with van der Waals surface area (Å²) in [6, 6.07) is 0. The lowest BCUT2D eigenvalue weighted by Gasteiger charge is -1.93. The van der Waals surface area contributed by atoms with Crippen molar-refractivity contribution >= 4 is 0 Å². The predicted octanol–water partition coefficient (Wildman–Crippen LogP) is 6.81. The van der Waals surface area contributed by atoms with Gasteiger partial charge in [0.1, 0.15) is 0 Å². The molecule has 0 aromatic heterocycles. The van der Waals surface area contributed by atoms with Crippen molar-refractivity contribution in [3.8, 4) is 0 Å². The van der Waals surface area contributed by atoms with Crippen LogP contribution in [0.1, 0.15) is 64.7 Å². The molecule has 0 atom stereocenters. The van der Waals surface area contributed by atoms with Crippen LogP contribution < -0.4 is 0 Å². The van der Waals surface area contributed by atoms with E-state index in [-0.39, 0.29) is 0 Å². The Labute approximate surface area is 131 Å². The summed E-state index contributed by atoms with van der Waals surface area (Å²) in [6.07, 6.45) is 30.9. The van der Waals surface area contributed by atoms with Gasteiger partial charge in [0.05, 0.1) is 6.26 Å². The molecular formula is C20H32O. The van der Waals surface area contributed by atoms with Crippen molar-refractivity contribution < 1.29 is 5.11 Å². The maximum absolute atomic E-state index is 8.47. The zero-order valence-electron chi connectivity index (χ0n) is 13.6. The second kappa shape index (κ2) is 18.5. The Hall–Kier alpha value is -1.50. The normalized spacial score (nSPS) is 13.0. The Bertz CT molecular complexity index is 332. The molecule has 0 rings (SSSR count). The lowest BCUT2D eigenvalue weighted by Crippen LogP contribution is -1.73. The minimum Gasteiger partial charge on any atom is -0.516 e. The van der Waals surface area contributed by atoms with Crippen molar-refractivity contribution in [2.75, 3.05) is 0 Å². The highest BCUT2D eigenvalue weighted by molar-refractivity contribution is 4.94. The first-order chi connectivity index (χ1) is 10.4. The van der Waals surface area contributed by atoms with Crippen LogP contribution in [0.5, 0.6) is 0 Å². The van der Waals surface area contributed by atoms with Gasteiger partial charge in [0, 0.05) is 0 Å². The van der Waals surface area contributed by atoms with Gasteiger partial charge >= 0.3 is 0 Å². The third kappa shape index (κ3) is 18.5. The lowest BCUT2D eigenvalue weighted by atomic mass is 10.1. The summed E-state index contributed by atoms with van der Waals surface area (Å²) in [5, 5.41) is 8.47. The molecule has 0 spiro atoms. The molecule has 0 fully saturated rings. The third-order valence-electron chi connectivity index (χ3n) is 3.04. The van der Waals surface area contributed by atoms with Crippen LogP contribution in [0.15, 0.2) is 60.9 Å². The zero-order chi connectivity index (χ0) is 15.4. The quantitative estimate of drug-likeness (QED) is 0.224. The molecule has 118 valence electrons. The monoisotopic (exact) mass is 288 g/mol.